The van der Waals surface area contributed by atoms with E-state index in [1.54, 1.807) is 0 Å². The van der Waals surface area contributed by atoms with E-state index < -0.39 is 8.07 Å². The maximum Gasteiger partial charge on any atom is 0.0543 e. The summed E-state index contributed by atoms with van der Waals surface area (Å²) < 4.78 is 0. The zero-order chi connectivity index (χ0) is 10.2. The van der Waals surface area contributed by atoms with Gasteiger partial charge in [-0.1, -0.05) is 58.2 Å². The van der Waals surface area contributed by atoms with Crippen molar-refractivity contribution in [1.29, 1.82) is 0 Å². The van der Waals surface area contributed by atoms with Gasteiger partial charge in [0, 0.05) is 0 Å². The lowest BCUT2D eigenvalue weighted by Gasteiger charge is -2.30. The zero-order valence-electron chi connectivity index (χ0n) is 9.60. The topological polar surface area (TPSA) is 0 Å². The lowest BCUT2D eigenvalue weighted by Crippen LogP contribution is -2.33. The van der Waals surface area contributed by atoms with Crippen LogP contribution in [-0.4, -0.2) is 13.8 Å². The minimum absolute atomic E-state index is 0.872. The third-order valence-corrected chi connectivity index (χ3v) is 9.62. The van der Waals surface area contributed by atoms with E-state index in [4.69, 9.17) is 0 Å². The van der Waals surface area contributed by atoms with Crippen molar-refractivity contribution in [2.75, 3.05) is 5.75 Å². The Morgan fingerprint density at radius 1 is 0.769 bits per heavy atom. The third kappa shape index (κ3) is 5.11. The molecule has 0 aromatic heterocycles. The lowest BCUT2D eigenvalue weighted by molar-refractivity contribution is 0.910. The predicted octanol–water partition coefficient (Wildman–Crippen LogP) is 4.60. The van der Waals surface area contributed by atoms with Crippen molar-refractivity contribution in [3.8, 4) is 0 Å². The molecular formula is C11H26SSi. The number of hydrogen-bond acceptors (Lipinski definition) is 1. The van der Waals surface area contributed by atoms with Crippen LogP contribution in [0.1, 0.15) is 40.0 Å². The molecule has 0 aliphatic rings. The van der Waals surface area contributed by atoms with E-state index in [0.29, 0.717) is 0 Å². The maximum absolute atomic E-state index is 4.43. The first kappa shape index (κ1) is 13.6. The van der Waals surface area contributed by atoms with Gasteiger partial charge in [-0.15, -0.1) is 0 Å². The molecule has 0 aromatic carbocycles. The molecule has 0 heterocycles. The summed E-state index contributed by atoms with van der Waals surface area (Å²) >= 11 is 4.43. The average Bonchev–Trinajstić information content (AvgIpc) is 2.06. The van der Waals surface area contributed by atoms with Crippen molar-refractivity contribution in [1.82, 2.24) is 0 Å². The van der Waals surface area contributed by atoms with Crippen molar-refractivity contribution >= 4 is 20.7 Å². The highest BCUT2D eigenvalue weighted by atomic mass is 32.1. The van der Waals surface area contributed by atoms with Gasteiger partial charge < -0.3 is 0 Å². The highest BCUT2D eigenvalue weighted by Crippen LogP contribution is 2.30. The highest BCUT2D eigenvalue weighted by Gasteiger charge is 2.28. The minimum atomic E-state index is -0.872. The van der Waals surface area contributed by atoms with Gasteiger partial charge in [0.2, 0.25) is 0 Å². The van der Waals surface area contributed by atoms with Crippen LogP contribution in [0.3, 0.4) is 0 Å². The second kappa shape index (κ2) is 7.92. The van der Waals surface area contributed by atoms with E-state index in [9.17, 15) is 0 Å². The fraction of sp³-hybridized carbons (Fsp3) is 1.00. The van der Waals surface area contributed by atoms with Crippen molar-refractivity contribution in [2.24, 2.45) is 0 Å². The molecule has 0 atom stereocenters. The van der Waals surface area contributed by atoms with E-state index >= 15 is 0 Å². The third-order valence-electron chi connectivity index (χ3n) is 2.98. The van der Waals surface area contributed by atoms with Gasteiger partial charge in [0.1, 0.15) is 0 Å². The molecular weight excluding hydrogens is 192 g/mol. The molecule has 0 spiro atoms. The summed E-state index contributed by atoms with van der Waals surface area (Å²) in [6.45, 7) is 7.02. The lowest BCUT2D eigenvalue weighted by atomic mass is 10.5. The van der Waals surface area contributed by atoms with Crippen LogP contribution in [-0.2, 0) is 0 Å². The number of rotatable bonds is 8. The van der Waals surface area contributed by atoms with Crippen molar-refractivity contribution < 1.29 is 0 Å². The molecule has 0 unspecified atom stereocenters. The second-order valence-corrected chi connectivity index (χ2v) is 9.67. The van der Waals surface area contributed by atoms with Crippen LogP contribution in [0.25, 0.3) is 0 Å². The van der Waals surface area contributed by atoms with E-state index in [1.807, 2.05) is 0 Å². The first-order valence-corrected chi connectivity index (χ1v) is 9.31. The van der Waals surface area contributed by atoms with Gasteiger partial charge in [0.15, 0.2) is 0 Å². The van der Waals surface area contributed by atoms with Gasteiger partial charge in [0.05, 0.1) is 8.07 Å². The molecule has 2 heteroatoms. The monoisotopic (exact) mass is 218 g/mol. The van der Waals surface area contributed by atoms with Crippen molar-refractivity contribution in [3.05, 3.63) is 0 Å². The van der Waals surface area contributed by atoms with E-state index in [0.717, 1.165) is 5.75 Å². The smallest absolute Gasteiger partial charge is 0.0543 e. The molecule has 0 amide bonds. The summed E-state index contributed by atoms with van der Waals surface area (Å²) in [4.78, 5) is 0. The Bertz CT molecular complexity index is 85.1. The first-order chi connectivity index (χ1) is 6.24. The average molecular weight is 218 g/mol. The van der Waals surface area contributed by atoms with Gasteiger partial charge in [-0.2, -0.15) is 12.6 Å². The summed E-state index contributed by atoms with van der Waals surface area (Å²) in [5, 5.41) is 0. The molecule has 0 aromatic rings. The van der Waals surface area contributed by atoms with Gasteiger partial charge in [-0.25, -0.2) is 0 Å². The fourth-order valence-electron chi connectivity index (χ4n) is 2.58. The Balaban J connectivity index is 4.19. The molecule has 80 valence electrons. The van der Waals surface area contributed by atoms with Gasteiger partial charge in [0.25, 0.3) is 0 Å². The molecule has 0 radical (unpaired) electrons. The van der Waals surface area contributed by atoms with Crippen LogP contribution < -0.4 is 0 Å². The van der Waals surface area contributed by atoms with Gasteiger partial charge in [-0.3, -0.25) is 0 Å². The molecule has 0 aliphatic heterocycles. The summed E-state index contributed by atoms with van der Waals surface area (Å²) in [6, 6.07) is 6.06. The minimum Gasteiger partial charge on any atom is -0.180 e. The normalized spacial score (nSPS) is 12.0. The first-order valence-electron chi connectivity index (χ1n) is 5.85. The standard InChI is InChI=1S/C11H26SSi/c1-4-8-13(9-5-2,10-6-3)11-7-12/h12H,4-11H2,1-3H3. The Hall–Kier alpha value is 0.567. The highest BCUT2D eigenvalue weighted by molar-refractivity contribution is 7.80. The largest absolute Gasteiger partial charge is 0.180 e. The summed E-state index contributed by atoms with van der Waals surface area (Å²) in [5.41, 5.74) is 0. The van der Waals surface area contributed by atoms with E-state index in [1.165, 1.54) is 43.4 Å². The van der Waals surface area contributed by atoms with E-state index in [-0.39, 0.29) is 0 Å². The Morgan fingerprint density at radius 2 is 1.15 bits per heavy atom. The van der Waals surface area contributed by atoms with Crippen LogP contribution in [0.4, 0.5) is 0 Å². The molecule has 0 N–H and O–H groups in total. The molecule has 0 saturated carbocycles. The summed E-state index contributed by atoms with van der Waals surface area (Å²) in [5.74, 6) is 1.12. The number of thiol groups is 1. The Kier molecular flexibility index (Phi) is 8.27. The van der Waals surface area contributed by atoms with Gasteiger partial charge in [-0.05, 0) is 11.8 Å². The zero-order valence-corrected chi connectivity index (χ0v) is 11.5. The molecule has 13 heavy (non-hydrogen) atoms. The van der Waals surface area contributed by atoms with Gasteiger partial charge >= 0.3 is 0 Å². The molecule has 0 nitrogen and oxygen atoms in total. The second-order valence-electron chi connectivity index (χ2n) is 4.22. The maximum atomic E-state index is 4.43. The van der Waals surface area contributed by atoms with E-state index in [2.05, 4.69) is 33.4 Å². The molecule has 0 bridgehead atoms. The Morgan fingerprint density at radius 3 is 1.38 bits per heavy atom. The summed E-state index contributed by atoms with van der Waals surface area (Å²) in [7, 11) is -0.872. The molecule has 0 aliphatic carbocycles. The quantitative estimate of drug-likeness (QED) is 0.447. The van der Waals surface area contributed by atoms with Crippen LogP contribution in [0.5, 0.6) is 0 Å². The predicted molar refractivity (Wildman–Crippen MR) is 69.7 cm³/mol. The van der Waals surface area contributed by atoms with Crippen LogP contribution in [0.15, 0.2) is 0 Å². The summed E-state index contributed by atoms with van der Waals surface area (Å²) in [6.07, 6.45) is 4.17. The fourth-order valence-corrected chi connectivity index (χ4v) is 9.16. The molecule has 0 rings (SSSR count). The van der Waals surface area contributed by atoms with Crippen LogP contribution in [0, 0.1) is 0 Å². The molecule has 0 fully saturated rings. The van der Waals surface area contributed by atoms with Crippen LogP contribution >= 0.6 is 12.6 Å². The van der Waals surface area contributed by atoms with Crippen molar-refractivity contribution in [2.45, 2.75) is 64.2 Å². The van der Waals surface area contributed by atoms with Crippen LogP contribution in [0.2, 0.25) is 24.2 Å². The SMILES string of the molecule is CCC[Si](CCC)(CCC)CCS. The molecule has 0 saturated heterocycles. The number of hydrogen-bond donors (Lipinski definition) is 1. The van der Waals surface area contributed by atoms with Crippen molar-refractivity contribution in [3.63, 3.8) is 0 Å². The Labute approximate surface area is 90.9 Å².